The highest BCUT2D eigenvalue weighted by molar-refractivity contribution is 9.09. The monoisotopic (exact) mass is 408 g/mol. The fourth-order valence-electron chi connectivity index (χ4n) is 1.93. The number of halogens is 3. The standard InChI is InChI=1S/C15H15BrCl2O2S/c1-3-19-11-6-5-9(7-12(11)20-4-2)14(16)10-8-13(17)21-15(10)18/h5-8,14H,3-4H2,1-2H3. The fourth-order valence-corrected chi connectivity index (χ4v) is 4.39. The van der Waals surface area contributed by atoms with Crippen LogP contribution in [0.25, 0.3) is 0 Å². The molecule has 0 radical (unpaired) electrons. The Morgan fingerprint density at radius 2 is 1.76 bits per heavy atom. The lowest BCUT2D eigenvalue weighted by atomic mass is 10.1. The molecular formula is C15H15BrCl2O2S. The van der Waals surface area contributed by atoms with Crippen LogP contribution in [0.3, 0.4) is 0 Å². The number of hydrogen-bond donors (Lipinski definition) is 0. The summed E-state index contributed by atoms with van der Waals surface area (Å²) in [7, 11) is 0. The first-order chi connectivity index (χ1) is 10.1. The smallest absolute Gasteiger partial charge is 0.161 e. The minimum Gasteiger partial charge on any atom is -0.490 e. The van der Waals surface area contributed by atoms with Crippen LogP contribution < -0.4 is 9.47 Å². The Labute approximate surface area is 147 Å². The van der Waals surface area contributed by atoms with Crippen LogP contribution in [-0.2, 0) is 0 Å². The summed E-state index contributed by atoms with van der Waals surface area (Å²) >= 11 is 17.3. The summed E-state index contributed by atoms with van der Waals surface area (Å²) < 4.78 is 12.6. The van der Waals surface area contributed by atoms with Gasteiger partial charge in [0.05, 0.1) is 26.7 Å². The molecule has 2 rings (SSSR count). The Balaban J connectivity index is 2.35. The molecule has 1 atom stereocenters. The number of alkyl halides is 1. The van der Waals surface area contributed by atoms with E-state index >= 15 is 0 Å². The SMILES string of the molecule is CCOc1ccc(C(Br)c2cc(Cl)sc2Cl)cc1OCC. The molecule has 21 heavy (non-hydrogen) atoms. The van der Waals surface area contributed by atoms with Gasteiger partial charge < -0.3 is 9.47 Å². The van der Waals surface area contributed by atoms with E-state index in [1.165, 1.54) is 11.3 Å². The molecule has 1 aromatic carbocycles. The average Bonchev–Trinajstić information content (AvgIpc) is 2.79. The molecule has 0 aliphatic carbocycles. The van der Waals surface area contributed by atoms with Crippen molar-refractivity contribution in [3.05, 3.63) is 44.1 Å². The van der Waals surface area contributed by atoms with Crippen molar-refractivity contribution in [2.75, 3.05) is 13.2 Å². The summed E-state index contributed by atoms with van der Waals surface area (Å²) in [6.45, 7) is 5.08. The van der Waals surface area contributed by atoms with Gasteiger partial charge in [0.15, 0.2) is 11.5 Å². The summed E-state index contributed by atoms with van der Waals surface area (Å²) in [4.78, 5) is -0.0383. The predicted molar refractivity (Wildman–Crippen MR) is 93.9 cm³/mol. The molecule has 0 spiro atoms. The molecule has 0 amide bonds. The van der Waals surface area contributed by atoms with Crippen molar-refractivity contribution in [1.82, 2.24) is 0 Å². The van der Waals surface area contributed by atoms with Crippen LogP contribution in [0.1, 0.15) is 29.8 Å². The van der Waals surface area contributed by atoms with E-state index in [1.54, 1.807) is 0 Å². The molecule has 2 aromatic rings. The first-order valence-electron chi connectivity index (χ1n) is 6.55. The largest absolute Gasteiger partial charge is 0.490 e. The van der Waals surface area contributed by atoms with Crippen molar-refractivity contribution >= 4 is 50.5 Å². The molecule has 0 bridgehead atoms. The van der Waals surface area contributed by atoms with Crippen molar-refractivity contribution < 1.29 is 9.47 Å². The maximum Gasteiger partial charge on any atom is 0.161 e. The van der Waals surface area contributed by atoms with Crippen LogP contribution in [0, 0.1) is 0 Å². The normalized spacial score (nSPS) is 12.2. The number of thiophene rings is 1. The second-order valence-electron chi connectivity index (χ2n) is 4.21. The van der Waals surface area contributed by atoms with E-state index in [0.29, 0.717) is 21.9 Å². The lowest BCUT2D eigenvalue weighted by Crippen LogP contribution is -2.00. The number of rotatable bonds is 6. The molecule has 2 nitrogen and oxygen atoms in total. The van der Waals surface area contributed by atoms with E-state index in [4.69, 9.17) is 32.7 Å². The molecule has 1 unspecified atom stereocenters. The van der Waals surface area contributed by atoms with Gasteiger partial charge in [-0.15, -0.1) is 11.3 Å². The fraction of sp³-hybridized carbons (Fsp3) is 0.333. The topological polar surface area (TPSA) is 18.5 Å². The summed E-state index contributed by atoms with van der Waals surface area (Å²) in [6, 6.07) is 7.76. The summed E-state index contributed by atoms with van der Waals surface area (Å²) in [5.74, 6) is 1.48. The summed E-state index contributed by atoms with van der Waals surface area (Å²) in [5, 5.41) is 0. The van der Waals surface area contributed by atoms with Crippen LogP contribution in [0.15, 0.2) is 24.3 Å². The molecule has 114 valence electrons. The van der Waals surface area contributed by atoms with Crippen LogP contribution >= 0.6 is 50.5 Å². The Morgan fingerprint density at radius 1 is 1.10 bits per heavy atom. The Bertz CT molecular complexity index is 616. The quantitative estimate of drug-likeness (QED) is 0.518. The van der Waals surface area contributed by atoms with Gasteiger partial charge in [0.2, 0.25) is 0 Å². The number of benzene rings is 1. The van der Waals surface area contributed by atoms with Gasteiger partial charge >= 0.3 is 0 Å². The Morgan fingerprint density at radius 3 is 2.33 bits per heavy atom. The molecule has 1 aromatic heterocycles. The first kappa shape index (κ1) is 16.9. The van der Waals surface area contributed by atoms with E-state index in [1.807, 2.05) is 38.1 Å². The van der Waals surface area contributed by atoms with Gasteiger partial charge in [-0.05, 0) is 37.6 Å². The van der Waals surface area contributed by atoms with Crippen molar-refractivity contribution in [2.24, 2.45) is 0 Å². The molecule has 0 N–H and O–H groups in total. The third-order valence-corrected chi connectivity index (χ3v) is 5.36. The highest BCUT2D eigenvalue weighted by Crippen LogP contribution is 2.43. The molecule has 0 aliphatic rings. The third kappa shape index (κ3) is 4.07. The highest BCUT2D eigenvalue weighted by Gasteiger charge is 2.18. The summed E-state index contributed by atoms with van der Waals surface area (Å²) in [6.07, 6.45) is 0. The minimum absolute atomic E-state index is 0.0383. The zero-order valence-electron chi connectivity index (χ0n) is 11.7. The molecule has 0 saturated carbocycles. The van der Waals surface area contributed by atoms with Crippen molar-refractivity contribution in [3.8, 4) is 11.5 Å². The maximum atomic E-state index is 6.22. The van der Waals surface area contributed by atoms with Gasteiger partial charge in [-0.3, -0.25) is 0 Å². The number of hydrogen-bond acceptors (Lipinski definition) is 3. The average molecular weight is 410 g/mol. The minimum atomic E-state index is -0.0383. The lowest BCUT2D eigenvalue weighted by molar-refractivity contribution is 0.287. The molecule has 6 heteroatoms. The van der Waals surface area contributed by atoms with Crippen LogP contribution in [0.5, 0.6) is 11.5 Å². The van der Waals surface area contributed by atoms with E-state index in [0.717, 1.165) is 22.6 Å². The predicted octanol–water partition coefficient (Wildman–Crippen LogP) is 6.34. The molecule has 0 aliphatic heterocycles. The first-order valence-corrected chi connectivity index (χ1v) is 9.04. The molecular weight excluding hydrogens is 395 g/mol. The molecule has 1 heterocycles. The molecule has 0 saturated heterocycles. The van der Waals surface area contributed by atoms with E-state index in [9.17, 15) is 0 Å². The third-order valence-electron chi connectivity index (χ3n) is 2.82. The van der Waals surface area contributed by atoms with Gasteiger partial charge in [-0.25, -0.2) is 0 Å². The van der Waals surface area contributed by atoms with E-state index < -0.39 is 0 Å². The van der Waals surface area contributed by atoms with Gasteiger partial charge in [0.1, 0.15) is 0 Å². The van der Waals surface area contributed by atoms with Crippen molar-refractivity contribution in [3.63, 3.8) is 0 Å². The van der Waals surface area contributed by atoms with Gasteiger partial charge in [-0.2, -0.15) is 0 Å². The van der Waals surface area contributed by atoms with E-state index in [2.05, 4.69) is 15.9 Å². The Hall–Kier alpha value is -0.420. The Kier molecular flexibility index (Phi) is 6.23. The number of ether oxygens (including phenoxy) is 2. The van der Waals surface area contributed by atoms with Crippen LogP contribution in [-0.4, -0.2) is 13.2 Å². The van der Waals surface area contributed by atoms with E-state index in [-0.39, 0.29) is 4.83 Å². The zero-order chi connectivity index (χ0) is 15.4. The lowest BCUT2D eigenvalue weighted by Gasteiger charge is -2.15. The van der Waals surface area contributed by atoms with Crippen molar-refractivity contribution in [1.29, 1.82) is 0 Å². The second-order valence-corrected chi connectivity index (χ2v) is 7.42. The van der Waals surface area contributed by atoms with Gasteiger partial charge in [0, 0.05) is 5.56 Å². The van der Waals surface area contributed by atoms with Gasteiger partial charge in [0.25, 0.3) is 0 Å². The van der Waals surface area contributed by atoms with Crippen LogP contribution in [0.2, 0.25) is 8.67 Å². The maximum absolute atomic E-state index is 6.22. The summed E-state index contributed by atoms with van der Waals surface area (Å²) in [5.41, 5.74) is 2.00. The van der Waals surface area contributed by atoms with Crippen LogP contribution in [0.4, 0.5) is 0 Å². The molecule has 0 fully saturated rings. The second kappa shape index (κ2) is 7.73. The highest BCUT2D eigenvalue weighted by atomic mass is 79.9. The van der Waals surface area contributed by atoms with Gasteiger partial charge in [-0.1, -0.05) is 45.2 Å². The van der Waals surface area contributed by atoms with Crippen molar-refractivity contribution in [2.45, 2.75) is 18.7 Å². The zero-order valence-corrected chi connectivity index (χ0v) is 15.6.